The number of ether oxygens (including phenoxy) is 3. The summed E-state index contributed by atoms with van der Waals surface area (Å²) in [5.74, 6) is -1.02. The zero-order chi connectivity index (χ0) is 27.5. The maximum Gasteiger partial charge on any atom is 0.295 e. The van der Waals surface area contributed by atoms with Crippen LogP contribution in [0.4, 0.5) is 0 Å². The fourth-order valence-electron chi connectivity index (χ4n) is 5.27. The predicted molar refractivity (Wildman–Crippen MR) is 141 cm³/mol. The Morgan fingerprint density at radius 1 is 1.08 bits per heavy atom. The molecule has 0 saturated carbocycles. The van der Waals surface area contributed by atoms with Crippen LogP contribution < -0.4 is 19.5 Å². The summed E-state index contributed by atoms with van der Waals surface area (Å²) in [6.07, 6.45) is 1.46. The first-order valence-electron chi connectivity index (χ1n) is 12.9. The molecule has 1 aromatic heterocycles. The van der Waals surface area contributed by atoms with E-state index in [2.05, 4.69) is 5.10 Å². The van der Waals surface area contributed by atoms with E-state index in [9.17, 15) is 14.7 Å². The number of carbonyl (C=O) groups is 2. The van der Waals surface area contributed by atoms with Crippen LogP contribution in [0.5, 0.6) is 11.5 Å². The number of aromatic nitrogens is 2. The first-order valence-corrected chi connectivity index (χ1v) is 12.9. The monoisotopic (exact) mass is 532 g/mol. The summed E-state index contributed by atoms with van der Waals surface area (Å²) >= 11 is 0. The van der Waals surface area contributed by atoms with E-state index in [1.807, 2.05) is 30.3 Å². The number of hydrogen-bond acceptors (Lipinski definition) is 7. The van der Waals surface area contributed by atoms with Gasteiger partial charge in [-0.05, 0) is 36.8 Å². The number of ketones is 1. The summed E-state index contributed by atoms with van der Waals surface area (Å²) in [5.41, 5.74) is 2.17. The predicted octanol–water partition coefficient (Wildman–Crippen LogP) is 0.337. The number of nitrogens with one attached hydrogen (secondary N) is 1. The molecule has 39 heavy (non-hydrogen) atoms. The fraction of sp³-hybridized carbons (Fsp3) is 0.345. The molecule has 0 aliphatic carbocycles. The van der Waals surface area contributed by atoms with E-state index < -0.39 is 23.5 Å². The Hall–Kier alpha value is -4.15. The topological polar surface area (TPSA) is 110 Å². The fourth-order valence-corrected chi connectivity index (χ4v) is 5.27. The number of nitrogens with zero attached hydrogens (tertiary/aromatic N) is 3. The molecule has 1 amide bonds. The summed E-state index contributed by atoms with van der Waals surface area (Å²) in [5, 5.41) is 18.4. The largest absolute Gasteiger partial charge is 0.872 e. The molecule has 204 valence electrons. The quantitative estimate of drug-likeness (QED) is 0.253. The van der Waals surface area contributed by atoms with Crippen LogP contribution in [0.25, 0.3) is 11.4 Å². The molecule has 3 aromatic rings. The lowest BCUT2D eigenvalue weighted by molar-refractivity contribution is -0.907. The van der Waals surface area contributed by atoms with Gasteiger partial charge in [0.2, 0.25) is 5.78 Å². The van der Waals surface area contributed by atoms with Crippen LogP contribution in [-0.2, 0) is 14.3 Å². The second-order valence-corrected chi connectivity index (χ2v) is 9.59. The molecule has 1 N–H and O–H groups in total. The molecule has 2 fully saturated rings. The average Bonchev–Trinajstić information content (AvgIpc) is 3.48. The van der Waals surface area contributed by atoms with E-state index in [0.717, 1.165) is 18.8 Å². The van der Waals surface area contributed by atoms with E-state index in [1.165, 1.54) is 30.2 Å². The van der Waals surface area contributed by atoms with Crippen molar-refractivity contribution in [2.45, 2.75) is 13.0 Å². The van der Waals surface area contributed by atoms with Crippen molar-refractivity contribution in [1.29, 1.82) is 0 Å². The SMILES string of the molecule is COc1ccc(C2C(=C([O-])c3cnn(-c4ccccc4)c3C)C(=O)C(=O)N2CC[NH+]2CCOCC2)cc1OC. The van der Waals surface area contributed by atoms with Crippen LogP contribution in [0.15, 0.2) is 60.3 Å². The summed E-state index contributed by atoms with van der Waals surface area (Å²) in [4.78, 5) is 29.7. The van der Waals surface area contributed by atoms with Gasteiger partial charge in [0.1, 0.15) is 13.1 Å². The Labute approximate surface area is 227 Å². The average molecular weight is 533 g/mol. The Morgan fingerprint density at radius 3 is 2.49 bits per heavy atom. The molecule has 2 aliphatic heterocycles. The number of para-hydroxylation sites is 1. The van der Waals surface area contributed by atoms with Gasteiger partial charge in [-0.25, -0.2) is 4.68 Å². The van der Waals surface area contributed by atoms with Crippen LogP contribution in [0.2, 0.25) is 0 Å². The molecular formula is C29H32N4O6. The second-order valence-electron chi connectivity index (χ2n) is 9.59. The van der Waals surface area contributed by atoms with E-state index in [0.29, 0.717) is 49.1 Å². The molecule has 2 aromatic carbocycles. The van der Waals surface area contributed by atoms with Gasteiger partial charge < -0.3 is 29.1 Å². The Morgan fingerprint density at radius 2 is 1.79 bits per heavy atom. The zero-order valence-corrected chi connectivity index (χ0v) is 22.3. The highest BCUT2D eigenvalue weighted by Gasteiger charge is 2.45. The maximum atomic E-state index is 14.0. The molecule has 10 nitrogen and oxygen atoms in total. The van der Waals surface area contributed by atoms with Crippen LogP contribution >= 0.6 is 0 Å². The van der Waals surface area contributed by atoms with Crippen LogP contribution in [0.1, 0.15) is 22.9 Å². The van der Waals surface area contributed by atoms with Crippen molar-refractivity contribution < 1.29 is 33.8 Å². The van der Waals surface area contributed by atoms with Gasteiger partial charge in [-0.15, -0.1) is 0 Å². The summed E-state index contributed by atoms with van der Waals surface area (Å²) in [6, 6.07) is 13.8. The summed E-state index contributed by atoms with van der Waals surface area (Å²) in [6.45, 7) is 5.69. The van der Waals surface area contributed by atoms with Crippen molar-refractivity contribution in [2.24, 2.45) is 0 Å². The van der Waals surface area contributed by atoms with Gasteiger partial charge in [-0.3, -0.25) is 9.59 Å². The van der Waals surface area contributed by atoms with Gasteiger partial charge in [-0.1, -0.05) is 30.0 Å². The van der Waals surface area contributed by atoms with Gasteiger partial charge in [0.15, 0.2) is 11.5 Å². The lowest BCUT2D eigenvalue weighted by Crippen LogP contribution is -3.14. The maximum absolute atomic E-state index is 14.0. The van der Waals surface area contributed by atoms with E-state index in [-0.39, 0.29) is 11.1 Å². The van der Waals surface area contributed by atoms with Gasteiger partial charge in [0.25, 0.3) is 5.91 Å². The Bertz CT molecular complexity index is 1390. The molecule has 1 atom stereocenters. The third-order valence-corrected chi connectivity index (χ3v) is 7.41. The Kier molecular flexibility index (Phi) is 7.67. The molecule has 0 spiro atoms. The number of Topliss-reactive ketones (excluding diaryl/α,β-unsaturated/α-hetero) is 1. The van der Waals surface area contributed by atoms with Gasteiger partial charge >= 0.3 is 0 Å². The number of hydrogen-bond donors (Lipinski definition) is 1. The molecule has 2 saturated heterocycles. The van der Waals surface area contributed by atoms with E-state index in [4.69, 9.17) is 14.2 Å². The van der Waals surface area contributed by atoms with Crippen LogP contribution in [0, 0.1) is 6.92 Å². The number of morpholine rings is 1. The molecule has 2 aliphatic rings. The highest BCUT2D eigenvalue weighted by molar-refractivity contribution is 6.46. The smallest absolute Gasteiger partial charge is 0.295 e. The minimum absolute atomic E-state index is 0.0834. The molecule has 0 bridgehead atoms. The molecule has 3 heterocycles. The Balaban J connectivity index is 1.59. The van der Waals surface area contributed by atoms with Crippen LogP contribution in [-0.4, -0.2) is 80.0 Å². The normalized spacial score (nSPS) is 19.5. The molecule has 1 unspecified atom stereocenters. The number of amides is 1. The van der Waals surface area contributed by atoms with Gasteiger partial charge in [0, 0.05) is 16.8 Å². The third-order valence-electron chi connectivity index (χ3n) is 7.41. The number of quaternary nitrogens is 1. The molecule has 5 rings (SSSR count). The van der Waals surface area contributed by atoms with Gasteiger partial charge in [-0.2, -0.15) is 5.10 Å². The van der Waals surface area contributed by atoms with Crippen molar-refractivity contribution >= 4 is 17.4 Å². The van der Waals surface area contributed by atoms with Crippen molar-refractivity contribution in [3.05, 3.63) is 77.1 Å². The van der Waals surface area contributed by atoms with Gasteiger partial charge in [0.05, 0.1) is 58.4 Å². The lowest BCUT2D eigenvalue weighted by Gasteiger charge is -2.30. The number of carbonyl (C=O) groups excluding carboxylic acids is 2. The summed E-state index contributed by atoms with van der Waals surface area (Å²) < 4.78 is 18.0. The highest BCUT2D eigenvalue weighted by Crippen LogP contribution is 2.41. The number of benzene rings is 2. The number of likely N-dealkylation sites (tertiary alicyclic amines) is 1. The lowest BCUT2D eigenvalue weighted by atomic mass is 9.95. The first kappa shape index (κ1) is 26.5. The summed E-state index contributed by atoms with van der Waals surface area (Å²) in [7, 11) is 3.05. The first-order chi connectivity index (χ1) is 18.9. The number of methoxy groups -OCH3 is 2. The molecule has 0 radical (unpaired) electrons. The van der Waals surface area contributed by atoms with Crippen LogP contribution in [0.3, 0.4) is 0 Å². The molecule has 10 heteroatoms. The minimum Gasteiger partial charge on any atom is -0.872 e. The minimum atomic E-state index is -0.864. The van der Waals surface area contributed by atoms with E-state index in [1.54, 1.807) is 29.8 Å². The van der Waals surface area contributed by atoms with Crippen molar-refractivity contribution in [3.63, 3.8) is 0 Å². The molecular weight excluding hydrogens is 500 g/mol. The zero-order valence-electron chi connectivity index (χ0n) is 22.3. The number of rotatable bonds is 8. The second kappa shape index (κ2) is 11.3. The van der Waals surface area contributed by atoms with Crippen molar-refractivity contribution in [1.82, 2.24) is 14.7 Å². The standard InChI is InChI=1S/C29H32N4O6/c1-19-22(18-30-33(19)21-7-5-4-6-8-21)27(34)25-26(20-9-10-23(37-2)24(17-20)38-3)32(29(36)28(25)35)12-11-31-13-15-39-16-14-31/h4-10,17-18,26,34H,11-16H2,1-3H3. The van der Waals surface area contributed by atoms with Crippen molar-refractivity contribution in [2.75, 3.05) is 53.6 Å². The van der Waals surface area contributed by atoms with Crippen molar-refractivity contribution in [3.8, 4) is 17.2 Å². The third kappa shape index (κ3) is 5.00. The van der Waals surface area contributed by atoms with E-state index >= 15 is 0 Å². The highest BCUT2D eigenvalue weighted by atomic mass is 16.5.